The van der Waals surface area contributed by atoms with Crippen LogP contribution in [0.1, 0.15) is 0 Å². The lowest BCUT2D eigenvalue weighted by Gasteiger charge is -2.10. The Morgan fingerprint density at radius 1 is 0.897 bits per heavy atom. The van der Waals surface area contributed by atoms with Crippen molar-refractivity contribution >= 4 is 17.0 Å². The second-order valence-corrected chi connectivity index (χ2v) is 7.47. The number of hydrogen-bond donors (Lipinski definition) is 1. The monoisotopic (exact) mass is 399 g/mol. The topological polar surface area (TPSA) is 59.7 Å². The zero-order valence-electron chi connectivity index (χ0n) is 15.6. The van der Waals surface area contributed by atoms with E-state index in [4.69, 9.17) is 4.74 Å². The van der Waals surface area contributed by atoms with Gasteiger partial charge in [-0.05, 0) is 28.6 Å². The van der Waals surface area contributed by atoms with Crippen LogP contribution in [0.15, 0.2) is 78.4 Å². The van der Waals surface area contributed by atoms with Gasteiger partial charge in [-0.25, -0.2) is 4.98 Å². The van der Waals surface area contributed by atoms with Crippen molar-refractivity contribution in [3.05, 3.63) is 78.4 Å². The van der Waals surface area contributed by atoms with Gasteiger partial charge in [-0.2, -0.15) is 9.61 Å². The number of para-hydroxylation sites is 1. The van der Waals surface area contributed by atoms with Gasteiger partial charge in [0.1, 0.15) is 5.75 Å². The first-order valence-corrected chi connectivity index (χ1v) is 9.97. The molecule has 29 heavy (non-hydrogen) atoms. The molecule has 0 aliphatic heterocycles. The average Bonchev–Trinajstić information content (AvgIpc) is 3.42. The first kappa shape index (κ1) is 17.5. The molecule has 5 aromatic rings. The lowest BCUT2D eigenvalue weighted by atomic mass is 10.1. The van der Waals surface area contributed by atoms with E-state index in [0.717, 1.165) is 21.6 Å². The average molecular weight is 399 g/mol. The number of methoxy groups -OCH3 is 1. The Balaban J connectivity index is 1.60. The van der Waals surface area contributed by atoms with Crippen LogP contribution in [0, 0.1) is 0 Å². The number of fused-ring (bicyclic) bond motifs is 1. The zero-order valence-corrected chi connectivity index (χ0v) is 16.4. The lowest BCUT2D eigenvalue weighted by molar-refractivity contribution is 0.414. The number of hydrogen-bond acceptors (Lipinski definition) is 5. The Morgan fingerprint density at radius 3 is 2.52 bits per heavy atom. The van der Waals surface area contributed by atoms with E-state index in [9.17, 15) is 5.11 Å². The summed E-state index contributed by atoms with van der Waals surface area (Å²) in [5, 5.41) is 17.4. The Bertz CT molecular complexity index is 1310. The molecule has 0 aliphatic rings. The quantitative estimate of drug-likeness (QED) is 0.433. The summed E-state index contributed by atoms with van der Waals surface area (Å²) in [5.74, 6) is 0.702. The fourth-order valence-corrected chi connectivity index (χ4v) is 4.33. The summed E-state index contributed by atoms with van der Waals surface area (Å²) in [6.07, 6.45) is 3.41. The van der Waals surface area contributed by atoms with Gasteiger partial charge in [0.15, 0.2) is 5.65 Å². The van der Waals surface area contributed by atoms with Gasteiger partial charge >= 0.3 is 0 Å². The van der Waals surface area contributed by atoms with Crippen LogP contribution in [0.25, 0.3) is 38.3 Å². The molecule has 0 aliphatic carbocycles. The Hall–Kier alpha value is -3.64. The van der Waals surface area contributed by atoms with Crippen LogP contribution in [0.5, 0.6) is 11.6 Å². The highest BCUT2D eigenvalue weighted by Crippen LogP contribution is 2.38. The van der Waals surface area contributed by atoms with Gasteiger partial charge in [0.2, 0.25) is 5.88 Å². The molecule has 0 amide bonds. The predicted octanol–water partition coefficient (Wildman–Crippen LogP) is 5.51. The number of nitrogens with zero attached hydrogens (tertiary/aromatic N) is 3. The standard InChI is InChI=1S/C23H17N3O2S/c1-28-20-10-6-5-9-17(20)18-12-24-22-19(13-25-26(22)23(18)27)21-11-16(14-29-21)15-7-3-2-4-8-15/h2-14,27H,1H3. The number of thiophene rings is 1. The van der Waals surface area contributed by atoms with Crippen molar-refractivity contribution in [3.8, 4) is 44.3 Å². The molecule has 0 saturated carbocycles. The largest absolute Gasteiger partial charge is 0.496 e. The number of ether oxygens (including phenoxy) is 1. The Labute approximate surface area is 171 Å². The van der Waals surface area contributed by atoms with Crippen LogP contribution in [0.4, 0.5) is 0 Å². The maximum absolute atomic E-state index is 10.9. The van der Waals surface area contributed by atoms with Crippen molar-refractivity contribution in [1.29, 1.82) is 0 Å². The van der Waals surface area contributed by atoms with Gasteiger partial charge in [0.25, 0.3) is 0 Å². The summed E-state index contributed by atoms with van der Waals surface area (Å²) >= 11 is 1.63. The van der Waals surface area contributed by atoms with Crippen LogP contribution >= 0.6 is 11.3 Å². The molecule has 1 N–H and O–H groups in total. The highest BCUT2D eigenvalue weighted by atomic mass is 32.1. The first-order valence-electron chi connectivity index (χ1n) is 9.09. The summed E-state index contributed by atoms with van der Waals surface area (Å²) in [6.45, 7) is 0. The van der Waals surface area contributed by atoms with Gasteiger partial charge in [0, 0.05) is 16.6 Å². The maximum atomic E-state index is 10.9. The van der Waals surface area contributed by atoms with E-state index in [1.165, 1.54) is 10.1 Å². The SMILES string of the molecule is COc1ccccc1-c1cnc2c(-c3cc(-c4ccccc4)cs3)cnn2c1O. The van der Waals surface area contributed by atoms with Crippen LogP contribution in [0.2, 0.25) is 0 Å². The molecule has 5 rings (SSSR count). The predicted molar refractivity (Wildman–Crippen MR) is 115 cm³/mol. The fraction of sp³-hybridized carbons (Fsp3) is 0.0435. The second-order valence-electron chi connectivity index (χ2n) is 6.56. The van der Waals surface area contributed by atoms with E-state index in [1.54, 1.807) is 30.8 Å². The van der Waals surface area contributed by atoms with Gasteiger partial charge in [0.05, 0.1) is 24.4 Å². The highest BCUT2D eigenvalue weighted by Gasteiger charge is 2.18. The third-order valence-corrected chi connectivity index (χ3v) is 5.83. The molecule has 0 unspecified atom stereocenters. The van der Waals surface area contributed by atoms with E-state index in [-0.39, 0.29) is 5.88 Å². The minimum atomic E-state index is 0.0330. The molecule has 5 nitrogen and oxygen atoms in total. The molecule has 142 valence electrons. The molecule has 0 bridgehead atoms. The first-order chi connectivity index (χ1) is 14.3. The fourth-order valence-electron chi connectivity index (χ4n) is 3.41. The summed E-state index contributed by atoms with van der Waals surface area (Å²) in [7, 11) is 1.61. The number of benzene rings is 2. The number of rotatable bonds is 4. The molecule has 3 heterocycles. The lowest BCUT2D eigenvalue weighted by Crippen LogP contribution is -1.96. The smallest absolute Gasteiger partial charge is 0.223 e. The van der Waals surface area contributed by atoms with Crippen molar-refractivity contribution in [2.75, 3.05) is 7.11 Å². The molecule has 0 spiro atoms. The molecule has 0 atom stereocenters. The van der Waals surface area contributed by atoms with Crippen molar-refractivity contribution in [2.24, 2.45) is 0 Å². The summed E-state index contributed by atoms with van der Waals surface area (Å²) in [6, 6.07) is 19.9. The molecular weight excluding hydrogens is 382 g/mol. The van der Waals surface area contributed by atoms with Gasteiger partial charge < -0.3 is 9.84 Å². The minimum absolute atomic E-state index is 0.0330. The Kier molecular flexibility index (Phi) is 4.26. The van der Waals surface area contributed by atoms with Gasteiger partial charge in [-0.1, -0.05) is 48.5 Å². The van der Waals surface area contributed by atoms with E-state index in [2.05, 4.69) is 33.7 Å². The van der Waals surface area contributed by atoms with Crippen LogP contribution < -0.4 is 4.74 Å². The molecule has 0 saturated heterocycles. The molecule has 0 radical (unpaired) electrons. The van der Waals surface area contributed by atoms with E-state index >= 15 is 0 Å². The number of aromatic hydroxyl groups is 1. The van der Waals surface area contributed by atoms with Crippen molar-refractivity contribution < 1.29 is 9.84 Å². The van der Waals surface area contributed by atoms with E-state index < -0.39 is 0 Å². The van der Waals surface area contributed by atoms with Crippen LogP contribution in [-0.4, -0.2) is 26.8 Å². The molecule has 6 heteroatoms. The molecule has 3 aromatic heterocycles. The highest BCUT2D eigenvalue weighted by molar-refractivity contribution is 7.14. The summed E-state index contributed by atoms with van der Waals surface area (Å²) in [4.78, 5) is 5.66. The molecule has 0 fully saturated rings. The second kappa shape index (κ2) is 7.07. The maximum Gasteiger partial charge on any atom is 0.223 e. The Morgan fingerprint density at radius 2 is 1.69 bits per heavy atom. The summed E-state index contributed by atoms with van der Waals surface area (Å²) < 4.78 is 6.89. The zero-order chi connectivity index (χ0) is 19.8. The normalized spacial score (nSPS) is 11.1. The van der Waals surface area contributed by atoms with E-state index in [0.29, 0.717) is 17.0 Å². The minimum Gasteiger partial charge on any atom is -0.496 e. The van der Waals surface area contributed by atoms with Crippen molar-refractivity contribution in [2.45, 2.75) is 0 Å². The third-order valence-electron chi connectivity index (χ3n) is 4.87. The van der Waals surface area contributed by atoms with Crippen molar-refractivity contribution in [1.82, 2.24) is 14.6 Å². The van der Waals surface area contributed by atoms with Crippen LogP contribution in [0.3, 0.4) is 0 Å². The molecular formula is C23H17N3O2S. The third kappa shape index (κ3) is 2.94. The van der Waals surface area contributed by atoms with Gasteiger partial charge in [-0.15, -0.1) is 11.3 Å². The molecule has 2 aromatic carbocycles. The van der Waals surface area contributed by atoms with Crippen LogP contribution in [-0.2, 0) is 0 Å². The van der Waals surface area contributed by atoms with Gasteiger partial charge in [-0.3, -0.25) is 0 Å². The van der Waals surface area contributed by atoms with Crippen molar-refractivity contribution in [3.63, 3.8) is 0 Å². The number of aromatic nitrogens is 3. The van der Waals surface area contributed by atoms with E-state index in [1.807, 2.05) is 42.5 Å². The summed E-state index contributed by atoms with van der Waals surface area (Å²) in [5.41, 5.74) is 5.16.